The Kier molecular flexibility index (Phi) is 4.53. The average molecular weight is 372 g/mol. The predicted octanol–water partition coefficient (Wildman–Crippen LogP) is 2.98. The molecule has 4 rings (SSSR count). The molecule has 1 N–H and O–H groups in total. The summed E-state index contributed by atoms with van der Waals surface area (Å²) < 4.78 is 11.2. The molecule has 2 aromatic carbocycles. The number of hydrogen-bond donors (Lipinski definition) is 1. The second kappa shape index (κ2) is 6.97. The van der Waals surface area contributed by atoms with Gasteiger partial charge in [0.15, 0.2) is 11.5 Å². The molecule has 134 valence electrons. The highest BCUT2D eigenvalue weighted by Crippen LogP contribution is 2.38. The quantitative estimate of drug-likeness (QED) is 0.763. The van der Waals surface area contributed by atoms with Gasteiger partial charge in [0.25, 0.3) is 5.56 Å². The highest BCUT2D eigenvalue weighted by molar-refractivity contribution is 6.32. The zero-order chi connectivity index (χ0) is 18.1. The Morgan fingerprint density at radius 2 is 2.00 bits per heavy atom. The molecule has 0 radical (unpaired) electrons. The van der Waals surface area contributed by atoms with Crippen LogP contribution in [0.4, 0.5) is 0 Å². The SMILES string of the molecule is CN(Cc1cc(Cl)c2c(c1)OCCO2)Cc1nc2ccccc2c(=O)[nH]1. The number of aromatic nitrogens is 2. The Morgan fingerprint density at radius 3 is 2.88 bits per heavy atom. The molecule has 0 fully saturated rings. The number of benzene rings is 2. The first-order valence-corrected chi connectivity index (χ1v) is 8.72. The highest BCUT2D eigenvalue weighted by atomic mass is 35.5. The molecule has 1 aliphatic rings. The molecule has 0 bridgehead atoms. The normalized spacial score (nSPS) is 13.3. The predicted molar refractivity (Wildman–Crippen MR) is 100.0 cm³/mol. The lowest BCUT2D eigenvalue weighted by Crippen LogP contribution is -2.22. The van der Waals surface area contributed by atoms with Crippen LogP contribution in [0.25, 0.3) is 10.9 Å². The van der Waals surface area contributed by atoms with Crippen molar-refractivity contribution in [1.82, 2.24) is 14.9 Å². The van der Waals surface area contributed by atoms with Gasteiger partial charge in [-0.25, -0.2) is 4.98 Å². The second-order valence-corrected chi connectivity index (χ2v) is 6.71. The first kappa shape index (κ1) is 16.9. The van der Waals surface area contributed by atoms with E-state index in [1.807, 2.05) is 37.4 Å². The van der Waals surface area contributed by atoms with Gasteiger partial charge >= 0.3 is 0 Å². The molecule has 1 aliphatic heterocycles. The summed E-state index contributed by atoms with van der Waals surface area (Å²) in [6.07, 6.45) is 0. The fourth-order valence-electron chi connectivity index (χ4n) is 3.09. The Labute approximate surface area is 155 Å². The molecule has 0 amide bonds. The molecule has 0 unspecified atom stereocenters. The van der Waals surface area contributed by atoms with Gasteiger partial charge in [0.2, 0.25) is 0 Å². The standard InChI is InChI=1S/C19H18ClN3O3/c1-23(10-12-8-14(20)18-16(9-12)25-6-7-26-18)11-17-21-15-5-3-2-4-13(15)19(24)22-17/h2-5,8-9H,6-7,10-11H2,1H3,(H,21,22,24). The minimum atomic E-state index is -0.124. The third-order valence-electron chi connectivity index (χ3n) is 4.19. The van der Waals surface area contributed by atoms with E-state index in [9.17, 15) is 4.79 Å². The van der Waals surface area contributed by atoms with Gasteiger partial charge in [0, 0.05) is 6.54 Å². The van der Waals surface area contributed by atoms with E-state index in [1.54, 1.807) is 6.07 Å². The van der Waals surface area contributed by atoms with E-state index in [0.717, 1.165) is 5.56 Å². The molecular formula is C19H18ClN3O3. The molecule has 3 aromatic rings. The van der Waals surface area contributed by atoms with E-state index in [-0.39, 0.29) is 5.56 Å². The molecule has 6 nitrogen and oxygen atoms in total. The Morgan fingerprint density at radius 1 is 1.19 bits per heavy atom. The van der Waals surface area contributed by atoms with Crippen LogP contribution in [0.2, 0.25) is 5.02 Å². The highest BCUT2D eigenvalue weighted by Gasteiger charge is 2.17. The van der Waals surface area contributed by atoms with Crippen LogP contribution in [0.15, 0.2) is 41.2 Å². The summed E-state index contributed by atoms with van der Waals surface area (Å²) in [4.78, 5) is 21.6. The first-order chi connectivity index (χ1) is 12.6. The van der Waals surface area contributed by atoms with E-state index in [0.29, 0.717) is 59.6 Å². The van der Waals surface area contributed by atoms with Crippen molar-refractivity contribution in [1.29, 1.82) is 0 Å². The number of halogens is 1. The van der Waals surface area contributed by atoms with Crippen molar-refractivity contribution in [2.75, 3.05) is 20.3 Å². The number of fused-ring (bicyclic) bond motifs is 2. The van der Waals surface area contributed by atoms with Crippen LogP contribution in [0.3, 0.4) is 0 Å². The van der Waals surface area contributed by atoms with E-state index < -0.39 is 0 Å². The van der Waals surface area contributed by atoms with Crippen LogP contribution in [0, 0.1) is 0 Å². The maximum Gasteiger partial charge on any atom is 0.258 e. The van der Waals surface area contributed by atoms with Gasteiger partial charge in [-0.1, -0.05) is 23.7 Å². The third kappa shape index (κ3) is 3.38. The minimum absolute atomic E-state index is 0.124. The molecule has 0 atom stereocenters. The molecule has 0 spiro atoms. The zero-order valence-corrected chi connectivity index (χ0v) is 15.0. The minimum Gasteiger partial charge on any atom is -0.486 e. The average Bonchev–Trinajstić information content (AvgIpc) is 2.61. The number of H-pyrrole nitrogens is 1. The third-order valence-corrected chi connectivity index (χ3v) is 4.47. The fourth-order valence-corrected chi connectivity index (χ4v) is 3.38. The largest absolute Gasteiger partial charge is 0.486 e. The lowest BCUT2D eigenvalue weighted by Gasteiger charge is -2.22. The van der Waals surface area contributed by atoms with Crippen molar-refractivity contribution in [2.45, 2.75) is 13.1 Å². The summed E-state index contributed by atoms with van der Waals surface area (Å²) in [5.74, 6) is 1.90. The van der Waals surface area contributed by atoms with E-state index >= 15 is 0 Å². The number of para-hydroxylation sites is 1. The summed E-state index contributed by atoms with van der Waals surface area (Å²) in [7, 11) is 1.96. The fraction of sp³-hybridized carbons (Fsp3) is 0.263. The molecule has 0 saturated carbocycles. The maximum atomic E-state index is 12.2. The lowest BCUT2D eigenvalue weighted by atomic mass is 10.2. The number of rotatable bonds is 4. The van der Waals surface area contributed by atoms with E-state index in [4.69, 9.17) is 21.1 Å². The number of nitrogens with one attached hydrogen (secondary N) is 1. The van der Waals surface area contributed by atoms with Crippen molar-refractivity contribution in [2.24, 2.45) is 0 Å². The first-order valence-electron chi connectivity index (χ1n) is 8.34. The lowest BCUT2D eigenvalue weighted by molar-refractivity contribution is 0.171. The number of hydrogen-bond acceptors (Lipinski definition) is 5. The summed E-state index contributed by atoms with van der Waals surface area (Å²) in [5, 5.41) is 1.14. The summed E-state index contributed by atoms with van der Waals surface area (Å²) in [5.41, 5.74) is 1.58. The Bertz CT molecular complexity index is 1020. The van der Waals surface area contributed by atoms with E-state index in [2.05, 4.69) is 14.9 Å². The maximum absolute atomic E-state index is 12.2. The second-order valence-electron chi connectivity index (χ2n) is 6.30. The molecule has 0 aliphatic carbocycles. The topological polar surface area (TPSA) is 67.5 Å². The van der Waals surface area contributed by atoms with Crippen molar-refractivity contribution in [3.8, 4) is 11.5 Å². The van der Waals surface area contributed by atoms with E-state index in [1.165, 1.54) is 0 Å². The Balaban J connectivity index is 1.53. The van der Waals surface area contributed by atoms with Crippen molar-refractivity contribution in [3.05, 3.63) is 63.2 Å². The van der Waals surface area contributed by atoms with Gasteiger partial charge in [0.05, 0.1) is 22.5 Å². The van der Waals surface area contributed by atoms with Gasteiger partial charge in [-0.05, 0) is 36.9 Å². The molecule has 1 aromatic heterocycles. The van der Waals surface area contributed by atoms with Gasteiger partial charge in [-0.3, -0.25) is 9.69 Å². The van der Waals surface area contributed by atoms with Crippen LogP contribution in [-0.4, -0.2) is 35.1 Å². The van der Waals surface area contributed by atoms with Gasteiger partial charge in [-0.2, -0.15) is 0 Å². The molecule has 7 heteroatoms. The van der Waals surface area contributed by atoms with Crippen molar-refractivity contribution in [3.63, 3.8) is 0 Å². The summed E-state index contributed by atoms with van der Waals surface area (Å²) in [6.45, 7) is 2.16. The van der Waals surface area contributed by atoms with Gasteiger partial charge < -0.3 is 14.5 Å². The van der Waals surface area contributed by atoms with Crippen LogP contribution >= 0.6 is 11.6 Å². The zero-order valence-electron chi connectivity index (χ0n) is 14.3. The van der Waals surface area contributed by atoms with Crippen LogP contribution in [-0.2, 0) is 13.1 Å². The number of ether oxygens (including phenoxy) is 2. The molecule has 0 saturated heterocycles. The van der Waals surface area contributed by atoms with Crippen LogP contribution < -0.4 is 15.0 Å². The smallest absolute Gasteiger partial charge is 0.258 e. The molecule has 26 heavy (non-hydrogen) atoms. The molecule has 2 heterocycles. The van der Waals surface area contributed by atoms with Gasteiger partial charge in [-0.15, -0.1) is 0 Å². The summed E-state index contributed by atoms with van der Waals surface area (Å²) in [6, 6.07) is 11.1. The summed E-state index contributed by atoms with van der Waals surface area (Å²) >= 11 is 6.29. The Hall–Kier alpha value is -2.57. The van der Waals surface area contributed by atoms with Crippen LogP contribution in [0.1, 0.15) is 11.4 Å². The van der Waals surface area contributed by atoms with Crippen LogP contribution in [0.5, 0.6) is 11.5 Å². The van der Waals surface area contributed by atoms with Crippen molar-refractivity contribution < 1.29 is 9.47 Å². The number of nitrogens with zero attached hydrogens (tertiary/aromatic N) is 2. The monoisotopic (exact) mass is 371 g/mol. The van der Waals surface area contributed by atoms with Crippen molar-refractivity contribution >= 4 is 22.5 Å². The number of aromatic amines is 1. The molecular weight excluding hydrogens is 354 g/mol. The van der Waals surface area contributed by atoms with Gasteiger partial charge in [0.1, 0.15) is 19.0 Å².